The molecular weight excluding hydrogens is 292 g/mol. The third-order valence-electron chi connectivity index (χ3n) is 4.02. The molecule has 3 rings (SSSR count). The van der Waals surface area contributed by atoms with Crippen LogP contribution in [0.15, 0.2) is 36.5 Å². The number of nitrogens with zero attached hydrogens (tertiary/aromatic N) is 1. The Kier molecular flexibility index (Phi) is 3.65. The summed E-state index contributed by atoms with van der Waals surface area (Å²) < 4.78 is 0. The fourth-order valence-electron chi connectivity index (χ4n) is 2.86. The molecule has 4 N–H and O–H groups in total. The van der Waals surface area contributed by atoms with Crippen molar-refractivity contribution in [3.63, 3.8) is 0 Å². The summed E-state index contributed by atoms with van der Waals surface area (Å²) in [5.41, 5.74) is 9.94. The molecule has 1 aromatic heterocycles. The molecule has 0 spiro atoms. The Labute approximate surface area is 134 Å². The third-order valence-corrected chi connectivity index (χ3v) is 4.02. The van der Waals surface area contributed by atoms with Crippen LogP contribution in [0.5, 0.6) is 0 Å². The van der Waals surface area contributed by atoms with Gasteiger partial charge in [0.25, 0.3) is 5.91 Å². The van der Waals surface area contributed by atoms with Gasteiger partial charge in [-0.2, -0.15) is 0 Å². The fraction of sp³-hybridized carbons (Fsp3) is 0.176. The molecule has 0 saturated carbocycles. The van der Waals surface area contributed by atoms with Crippen molar-refractivity contribution in [2.45, 2.75) is 13.8 Å². The average Bonchev–Trinajstić information content (AvgIpc) is 3.13. The second kappa shape index (κ2) is 5.64. The van der Waals surface area contributed by atoms with Gasteiger partial charge in [-0.1, -0.05) is 0 Å². The standard InChI is InChI=1S/C17H18N4O2/c1-3-21(17(18)23)11-6-7-14-12(9-11)15(16(22)20-14)10(2)13-5-4-8-19-13/h4-9,19H,3H2,1-2H3,(H2,18,23)(H,20,22). The number of hydrogen-bond donors (Lipinski definition) is 3. The van der Waals surface area contributed by atoms with E-state index in [-0.39, 0.29) is 5.91 Å². The van der Waals surface area contributed by atoms with Crippen LogP contribution in [0.4, 0.5) is 16.2 Å². The highest BCUT2D eigenvalue weighted by Crippen LogP contribution is 2.38. The molecule has 2 heterocycles. The van der Waals surface area contributed by atoms with Gasteiger partial charge in [0.15, 0.2) is 0 Å². The SMILES string of the molecule is CCN(C(N)=O)c1ccc2c(c1)C(=C(C)c1ccc[nH]1)C(=O)N2. The Hall–Kier alpha value is -3.02. The van der Waals surface area contributed by atoms with E-state index in [9.17, 15) is 9.59 Å². The predicted molar refractivity (Wildman–Crippen MR) is 91.0 cm³/mol. The number of anilines is 2. The molecule has 0 bridgehead atoms. The van der Waals surface area contributed by atoms with Crippen LogP contribution in [0.1, 0.15) is 25.1 Å². The fourth-order valence-corrected chi connectivity index (χ4v) is 2.86. The van der Waals surface area contributed by atoms with Crippen molar-refractivity contribution in [1.29, 1.82) is 0 Å². The lowest BCUT2D eigenvalue weighted by molar-refractivity contribution is -0.110. The average molecular weight is 310 g/mol. The Morgan fingerprint density at radius 1 is 1.30 bits per heavy atom. The first-order valence-electron chi connectivity index (χ1n) is 7.40. The minimum atomic E-state index is -0.517. The minimum Gasteiger partial charge on any atom is -0.361 e. The van der Waals surface area contributed by atoms with Gasteiger partial charge >= 0.3 is 6.03 Å². The molecule has 0 radical (unpaired) electrons. The molecule has 0 fully saturated rings. The number of amides is 3. The highest BCUT2D eigenvalue weighted by Gasteiger charge is 2.28. The maximum Gasteiger partial charge on any atom is 0.319 e. The number of urea groups is 1. The largest absolute Gasteiger partial charge is 0.361 e. The highest BCUT2D eigenvalue weighted by molar-refractivity contribution is 6.36. The molecule has 0 aliphatic carbocycles. The molecule has 118 valence electrons. The van der Waals surface area contributed by atoms with Gasteiger partial charge in [0.2, 0.25) is 0 Å². The lowest BCUT2D eigenvalue weighted by Crippen LogP contribution is -2.35. The number of aromatic amines is 1. The second-order valence-electron chi connectivity index (χ2n) is 5.35. The van der Waals surface area contributed by atoms with Gasteiger partial charge in [0.05, 0.1) is 5.57 Å². The second-order valence-corrected chi connectivity index (χ2v) is 5.35. The first-order valence-corrected chi connectivity index (χ1v) is 7.40. The van der Waals surface area contributed by atoms with E-state index in [2.05, 4.69) is 10.3 Å². The monoisotopic (exact) mass is 310 g/mol. The number of H-pyrrole nitrogens is 1. The molecule has 6 nitrogen and oxygen atoms in total. The Morgan fingerprint density at radius 2 is 2.09 bits per heavy atom. The number of aromatic nitrogens is 1. The molecule has 2 aromatic rings. The number of primary amides is 1. The van der Waals surface area contributed by atoms with E-state index >= 15 is 0 Å². The third kappa shape index (κ3) is 2.48. The topological polar surface area (TPSA) is 91.2 Å². The molecular formula is C17H18N4O2. The van der Waals surface area contributed by atoms with Crippen molar-refractivity contribution in [1.82, 2.24) is 4.98 Å². The van der Waals surface area contributed by atoms with Gasteiger partial charge in [-0.25, -0.2) is 4.79 Å². The maximum atomic E-state index is 12.4. The Balaban J connectivity index is 2.14. The molecule has 1 aromatic carbocycles. The Morgan fingerprint density at radius 3 is 2.70 bits per heavy atom. The van der Waals surface area contributed by atoms with Crippen LogP contribution in [0.2, 0.25) is 0 Å². The number of nitrogens with two attached hydrogens (primary N) is 1. The first kappa shape index (κ1) is 14.9. The van der Waals surface area contributed by atoms with Crippen molar-refractivity contribution >= 4 is 34.5 Å². The number of hydrogen-bond acceptors (Lipinski definition) is 2. The number of carbonyl (C=O) groups is 2. The molecule has 0 atom stereocenters. The first-order chi connectivity index (χ1) is 11.0. The molecule has 23 heavy (non-hydrogen) atoms. The summed E-state index contributed by atoms with van der Waals surface area (Å²) >= 11 is 0. The van der Waals surface area contributed by atoms with E-state index in [1.165, 1.54) is 4.90 Å². The Bertz CT molecular complexity index is 806. The van der Waals surface area contributed by atoms with E-state index in [0.717, 1.165) is 22.5 Å². The summed E-state index contributed by atoms with van der Waals surface area (Å²) in [7, 11) is 0. The van der Waals surface area contributed by atoms with Crippen LogP contribution in [0.3, 0.4) is 0 Å². The molecule has 0 unspecified atom stereocenters. The van der Waals surface area contributed by atoms with Crippen LogP contribution in [0, 0.1) is 0 Å². The highest BCUT2D eigenvalue weighted by atomic mass is 16.2. The van der Waals surface area contributed by atoms with Gasteiger partial charge in [-0.15, -0.1) is 0 Å². The summed E-state index contributed by atoms with van der Waals surface area (Å²) in [6, 6.07) is 8.68. The van der Waals surface area contributed by atoms with Crippen LogP contribution in [0.25, 0.3) is 11.1 Å². The van der Waals surface area contributed by atoms with E-state index in [0.29, 0.717) is 17.8 Å². The van der Waals surface area contributed by atoms with Crippen molar-refractivity contribution < 1.29 is 9.59 Å². The number of rotatable bonds is 3. The summed E-state index contributed by atoms with van der Waals surface area (Å²) in [6.45, 7) is 4.21. The zero-order valence-corrected chi connectivity index (χ0v) is 13.0. The summed E-state index contributed by atoms with van der Waals surface area (Å²) in [4.78, 5) is 28.5. The van der Waals surface area contributed by atoms with Crippen molar-refractivity contribution in [3.05, 3.63) is 47.8 Å². The predicted octanol–water partition coefficient (Wildman–Crippen LogP) is 2.80. The van der Waals surface area contributed by atoms with E-state index in [1.54, 1.807) is 12.1 Å². The van der Waals surface area contributed by atoms with Crippen molar-refractivity contribution in [2.75, 3.05) is 16.8 Å². The van der Waals surface area contributed by atoms with Crippen LogP contribution < -0.4 is 16.0 Å². The quantitative estimate of drug-likeness (QED) is 0.761. The van der Waals surface area contributed by atoms with Gasteiger partial charge < -0.3 is 16.0 Å². The van der Waals surface area contributed by atoms with Crippen LogP contribution >= 0.6 is 0 Å². The van der Waals surface area contributed by atoms with Crippen molar-refractivity contribution in [3.8, 4) is 0 Å². The van der Waals surface area contributed by atoms with Gasteiger partial charge in [0.1, 0.15) is 0 Å². The van der Waals surface area contributed by atoms with E-state index in [1.807, 2.05) is 38.2 Å². The molecule has 6 heteroatoms. The molecule has 1 aliphatic heterocycles. The smallest absolute Gasteiger partial charge is 0.319 e. The lowest BCUT2D eigenvalue weighted by Gasteiger charge is -2.19. The molecule has 3 amide bonds. The van der Waals surface area contributed by atoms with Gasteiger partial charge in [-0.3, -0.25) is 9.69 Å². The van der Waals surface area contributed by atoms with E-state index < -0.39 is 6.03 Å². The molecule has 0 saturated heterocycles. The normalized spacial score (nSPS) is 15.1. The summed E-state index contributed by atoms with van der Waals surface area (Å²) in [5, 5.41) is 2.86. The summed E-state index contributed by atoms with van der Waals surface area (Å²) in [5.74, 6) is -0.147. The lowest BCUT2D eigenvalue weighted by atomic mass is 9.99. The zero-order valence-electron chi connectivity index (χ0n) is 13.0. The van der Waals surface area contributed by atoms with Gasteiger partial charge in [0, 0.05) is 35.4 Å². The van der Waals surface area contributed by atoms with Crippen LogP contribution in [-0.4, -0.2) is 23.5 Å². The number of allylic oxidation sites excluding steroid dienone is 1. The molecule has 1 aliphatic rings. The number of fused-ring (bicyclic) bond motifs is 1. The number of carbonyl (C=O) groups excluding carboxylic acids is 2. The summed E-state index contributed by atoms with van der Waals surface area (Å²) in [6.07, 6.45) is 1.81. The number of benzene rings is 1. The van der Waals surface area contributed by atoms with Crippen LogP contribution in [-0.2, 0) is 4.79 Å². The number of nitrogens with one attached hydrogen (secondary N) is 2. The maximum absolute atomic E-state index is 12.4. The minimum absolute atomic E-state index is 0.147. The van der Waals surface area contributed by atoms with Crippen molar-refractivity contribution in [2.24, 2.45) is 5.73 Å². The van der Waals surface area contributed by atoms with E-state index in [4.69, 9.17) is 5.73 Å². The zero-order chi connectivity index (χ0) is 16.6. The van der Waals surface area contributed by atoms with Gasteiger partial charge in [-0.05, 0) is 49.8 Å².